The Morgan fingerprint density at radius 1 is 1.24 bits per heavy atom. The monoisotopic (exact) mass is 238 g/mol. The fourth-order valence-electron chi connectivity index (χ4n) is 1.22. The quantitative estimate of drug-likeness (QED) is 0.597. The highest BCUT2D eigenvalue weighted by molar-refractivity contribution is 5.90. The van der Waals surface area contributed by atoms with E-state index in [0.29, 0.717) is 5.56 Å². The molecule has 1 aromatic carbocycles. The molecule has 0 aromatic heterocycles. The van der Waals surface area contributed by atoms with Gasteiger partial charge in [0, 0.05) is 0 Å². The van der Waals surface area contributed by atoms with Crippen molar-refractivity contribution in [1.82, 2.24) is 0 Å². The molecule has 0 saturated heterocycles. The highest BCUT2D eigenvalue weighted by Crippen LogP contribution is 2.12. The van der Waals surface area contributed by atoms with Crippen LogP contribution in [0.15, 0.2) is 24.3 Å². The molecule has 0 bridgehead atoms. The summed E-state index contributed by atoms with van der Waals surface area (Å²) in [6.45, 7) is 7.35. The molecule has 0 atom stereocenters. The van der Waals surface area contributed by atoms with E-state index >= 15 is 0 Å². The third-order valence-corrected chi connectivity index (χ3v) is 2.01. The number of rotatable bonds is 4. The summed E-state index contributed by atoms with van der Waals surface area (Å²) in [5, 5.41) is 4.46. The van der Waals surface area contributed by atoms with Crippen LogP contribution in [-0.2, 0) is 21.2 Å². The normalized spacial score (nSPS) is 11.3. The Bertz CT molecular complexity index is 379. The van der Waals surface area contributed by atoms with Crippen molar-refractivity contribution in [3.8, 4) is 0 Å². The lowest BCUT2D eigenvalue weighted by Gasteiger charge is -2.15. The van der Waals surface area contributed by atoms with E-state index in [1.807, 2.05) is 19.1 Å². The minimum absolute atomic E-state index is 0.493. The van der Waals surface area contributed by atoms with Gasteiger partial charge in [-0.1, -0.05) is 25.1 Å². The summed E-state index contributed by atoms with van der Waals surface area (Å²) in [6, 6.07) is 7.23. The average Bonchev–Trinajstić information content (AvgIpc) is 2.27. The van der Waals surface area contributed by atoms with Crippen LogP contribution in [-0.4, -0.2) is 11.6 Å². The van der Waals surface area contributed by atoms with Gasteiger partial charge in [-0.05, 0) is 43.9 Å². The van der Waals surface area contributed by atoms with E-state index < -0.39 is 11.6 Å². The van der Waals surface area contributed by atoms with E-state index in [1.165, 1.54) is 0 Å². The van der Waals surface area contributed by atoms with E-state index in [1.54, 1.807) is 32.9 Å². The van der Waals surface area contributed by atoms with Crippen molar-refractivity contribution >= 4 is 5.97 Å². The average molecular weight is 238 g/mol. The second-order valence-electron chi connectivity index (χ2n) is 4.65. The zero-order chi connectivity index (χ0) is 12.9. The van der Waals surface area contributed by atoms with E-state index in [-0.39, 0.29) is 0 Å². The van der Waals surface area contributed by atoms with Gasteiger partial charge in [-0.25, -0.2) is 4.79 Å². The largest absolute Gasteiger partial charge is 0.376 e. The molecule has 0 unspecified atom stereocenters. The van der Waals surface area contributed by atoms with Crippen molar-refractivity contribution in [3.05, 3.63) is 35.4 Å². The van der Waals surface area contributed by atoms with Crippen LogP contribution in [0.2, 0.25) is 0 Å². The van der Waals surface area contributed by atoms with Crippen LogP contribution in [0.3, 0.4) is 0 Å². The molecule has 0 saturated carbocycles. The van der Waals surface area contributed by atoms with E-state index in [4.69, 9.17) is 4.89 Å². The van der Waals surface area contributed by atoms with Gasteiger partial charge in [0.2, 0.25) is 0 Å². The van der Waals surface area contributed by atoms with Crippen LogP contribution in [0.1, 0.15) is 43.6 Å². The predicted molar refractivity (Wildman–Crippen MR) is 63.2 cm³/mol. The molecule has 1 rings (SSSR count). The van der Waals surface area contributed by atoms with E-state index in [2.05, 4.69) is 9.93 Å². The van der Waals surface area contributed by atoms with Crippen molar-refractivity contribution in [2.24, 2.45) is 0 Å². The molecule has 4 nitrogen and oxygen atoms in total. The molecule has 0 aliphatic carbocycles. The van der Waals surface area contributed by atoms with Gasteiger partial charge in [0.05, 0.1) is 11.2 Å². The van der Waals surface area contributed by atoms with Crippen molar-refractivity contribution in [3.63, 3.8) is 0 Å². The molecule has 0 radical (unpaired) electrons. The zero-order valence-corrected chi connectivity index (χ0v) is 10.6. The summed E-state index contributed by atoms with van der Waals surface area (Å²) in [5.41, 5.74) is 0.884. The van der Waals surface area contributed by atoms with Crippen molar-refractivity contribution in [2.45, 2.75) is 39.7 Å². The van der Waals surface area contributed by atoms with Gasteiger partial charge in [0.25, 0.3) is 0 Å². The van der Waals surface area contributed by atoms with Gasteiger partial charge in [-0.2, -0.15) is 4.89 Å². The molecule has 0 fully saturated rings. The molecule has 17 heavy (non-hydrogen) atoms. The molecular formula is C13H18O4. The molecule has 1 aromatic rings. The zero-order valence-electron chi connectivity index (χ0n) is 10.6. The molecule has 0 spiro atoms. The minimum atomic E-state index is -0.549. The fourth-order valence-corrected chi connectivity index (χ4v) is 1.22. The lowest BCUT2D eigenvalue weighted by atomic mass is 10.1. The van der Waals surface area contributed by atoms with Crippen molar-refractivity contribution in [2.75, 3.05) is 0 Å². The summed E-state index contributed by atoms with van der Waals surface area (Å²) >= 11 is 0. The van der Waals surface area contributed by atoms with E-state index in [0.717, 1.165) is 12.0 Å². The standard InChI is InChI=1S/C13H18O4/c1-5-10-8-6-7-9-11(10)12(14)15-17-16-13(2,3)4/h6-9H,5H2,1-4H3. The molecule has 0 heterocycles. The van der Waals surface area contributed by atoms with Crippen molar-refractivity contribution in [1.29, 1.82) is 0 Å². The molecule has 0 aliphatic rings. The SMILES string of the molecule is CCc1ccccc1C(=O)OOOC(C)(C)C. The number of carbonyl (C=O) groups excluding carboxylic acids is 1. The topological polar surface area (TPSA) is 44.8 Å². The van der Waals surface area contributed by atoms with Crippen LogP contribution < -0.4 is 0 Å². The third-order valence-electron chi connectivity index (χ3n) is 2.01. The van der Waals surface area contributed by atoms with Crippen LogP contribution in [0.5, 0.6) is 0 Å². The lowest BCUT2D eigenvalue weighted by molar-refractivity contribution is -0.510. The third kappa shape index (κ3) is 4.54. The second-order valence-corrected chi connectivity index (χ2v) is 4.65. The molecular weight excluding hydrogens is 220 g/mol. The van der Waals surface area contributed by atoms with Gasteiger partial charge in [0.15, 0.2) is 0 Å². The molecule has 4 heteroatoms. The molecule has 0 amide bonds. The first kappa shape index (κ1) is 13.7. The van der Waals surface area contributed by atoms with E-state index in [9.17, 15) is 4.79 Å². The van der Waals surface area contributed by atoms with Crippen LogP contribution >= 0.6 is 0 Å². The summed E-state index contributed by atoms with van der Waals surface area (Å²) < 4.78 is 0. The maximum absolute atomic E-state index is 11.7. The van der Waals surface area contributed by atoms with Crippen LogP contribution in [0.4, 0.5) is 0 Å². The first-order valence-electron chi connectivity index (χ1n) is 5.58. The first-order valence-corrected chi connectivity index (χ1v) is 5.58. The second kappa shape index (κ2) is 5.80. The Hall–Kier alpha value is -1.39. The number of aryl methyl sites for hydroxylation is 1. The Morgan fingerprint density at radius 3 is 2.47 bits per heavy atom. The molecule has 94 valence electrons. The van der Waals surface area contributed by atoms with Gasteiger partial charge < -0.3 is 0 Å². The minimum Gasteiger partial charge on any atom is -0.263 e. The maximum Gasteiger partial charge on any atom is 0.376 e. The predicted octanol–water partition coefficient (Wildman–Crippen LogP) is 3.07. The van der Waals surface area contributed by atoms with Gasteiger partial charge >= 0.3 is 5.97 Å². The van der Waals surface area contributed by atoms with Gasteiger partial charge in [-0.3, -0.25) is 4.89 Å². The highest BCUT2D eigenvalue weighted by atomic mass is 17.5. The smallest absolute Gasteiger partial charge is 0.263 e. The molecule has 0 aliphatic heterocycles. The summed E-state index contributed by atoms with van der Waals surface area (Å²) in [6.07, 6.45) is 0.755. The molecule has 0 N–H and O–H groups in total. The fraction of sp³-hybridized carbons (Fsp3) is 0.462. The summed E-state index contributed by atoms with van der Waals surface area (Å²) in [4.78, 5) is 21.1. The Morgan fingerprint density at radius 2 is 1.88 bits per heavy atom. The Balaban J connectivity index is 2.58. The van der Waals surface area contributed by atoms with Crippen molar-refractivity contribution < 1.29 is 19.6 Å². The first-order chi connectivity index (χ1) is 7.94. The number of hydrogen-bond donors (Lipinski definition) is 0. The lowest BCUT2D eigenvalue weighted by Crippen LogP contribution is -2.21. The Labute approximate surface area is 101 Å². The number of hydrogen-bond acceptors (Lipinski definition) is 4. The maximum atomic E-state index is 11.7. The van der Waals surface area contributed by atoms with Gasteiger partial charge in [0.1, 0.15) is 0 Å². The van der Waals surface area contributed by atoms with Crippen LogP contribution in [0, 0.1) is 0 Å². The number of benzene rings is 1. The Kier molecular flexibility index (Phi) is 4.66. The van der Waals surface area contributed by atoms with Crippen LogP contribution in [0.25, 0.3) is 0 Å². The number of carbonyl (C=O) groups is 1. The summed E-state index contributed by atoms with van der Waals surface area (Å²) in [7, 11) is 0. The summed E-state index contributed by atoms with van der Waals surface area (Å²) in [5.74, 6) is -0.549. The highest BCUT2D eigenvalue weighted by Gasteiger charge is 2.16. The van der Waals surface area contributed by atoms with Gasteiger partial charge in [-0.15, -0.1) is 0 Å².